The van der Waals surface area contributed by atoms with Crippen molar-refractivity contribution in [3.63, 3.8) is 0 Å². The Morgan fingerprint density at radius 3 is 2.70 bits per heavy atom. The smallest absolute Gasteiger partial charge is 0.235 e. The van der Waals surface area contributed by atoms with E-state index in [9.17, 15) is 4.79 Å². The average Bonchev–Trinajstić information content (AvgIpc) is 3.29. The minimum absolute atomic E-state index is 0.0871. The number of amidine groups is 1. The summed E-state index contributed by atoms with van der Waals surface area (Å²) in [6, 6.07) is 9.11. The Labute approximate surface area is 118 Å². The van der Waals surface area contributed by atoms with Crippen LogP contribution in [0.4, 0.5) is 0 Å². The number of benzene rings is 1. The van der Waals surface area contributed by atoms with E-state index < -0.39 is 5.92 Å². The molecule has 1 aliphatic carbocycles. The third-order valence-electron chi connectivity index (χ3n) is 3.59. The predicted octanol–water partition coefficient (Wildman–Crippen LogP) is 1.82. The van der Waals surface area contributed by atoms with Crippen LogP contribution in [0.25, 0.3) is 0 Å². The van der Waals surface area contributed by atoms with Gasteiger partial charge in [-0.25, -0.2) is 0 Å². The maximum atomic E-state index is 12.2. The average molecular weight is 275 g/mol. The van der Waals surface area contributed by atoms with E-state index in [4.69, 9.17) is 10.9 Å². The molecule has 2 rings (SSSR count). The molecule has 0 aromatic heterocycles. The van der Waals surface area contributed by atoms with Gasteiger partial charge in [-0.15, -0.1) is 0 Å². The number of carbonyl (C=O) groups is 1. The van der Waals surface area contributed by atoms with E-state index in [2.05, 4.69) is 10.5 Å². The number of rotatable bonds is 7. The van der Waals surface area contributed by atoms with Gasteiger partial charge >= 0.3 is 0 Å². The van der Waals surface area contributed by atoms with Crippen molar-refractivity contribution in [2.45, 2.75) is 31.6 Å². The minimum Gasteiger partial charge on any atom is -0.409 e. The van der Waals surface area contributed by atoms with Crippen molar-refractivity contribution < 1.29 is 10.0 Å². The topological polar surface area (TPSA) is 87.7 Å². The summed E-state index contributed by atoms with van der Waals surface area (Å²) in [4.78, 5) is 12.2. The molecule has 1 aromatic rings. The molecule has 0 spiro atoms. The SMILES string of the molecule is N/C(=N/O)C(C(=O)NCCCC1CC1)c1ccccc1. The van der Waals surface area contributed by atoms with Gasteiger partial charge in [0.25, 0.3) is 0 Å². The lowest BCUT2D eigenvalue weighted by atomic mass is 9.97. The fourth-order valence-electron chi connectivity index (χ4n) is 2.27. The Hall–Kier alpha value is -2.04. The van der Waals surface area contributed by atoms with Crippen LogP contribution < -0.4 is 11.1 Å². The monoisotopic (exact) mass is 275 g/mol. The van der Waals surface area contributed by atoms with Crippen LogP contribution in [-0.4, -0.2) is 23.5 Å². The number of oxime groups is 1. The molecule has 1 saturated carbocycles. The lowest BCUT2D eigenvalue weighted by Gasteiger charge is -2.15. The zero-order chi connectivity index (χ0) is 14.4. The van der Waals surface area contributed by atoms with Gasteiger partial charge in [0.05, 0.1) is 0 Å². The molecule has 0 bridgehead atoms. The van der Waals surface area contributed by atoms with Gasteiger partial charge in [-0.3, -0.25) is 4.79 Å². The van der Waals surface area contributed by atoms with Gasteiger partial charge < -0.3 is 16.3 Å². The number of hydrogen-bond donors (Lipinski definition) is 3. The van der Waals surface area contributed by atoms with Gasteiger partial charge in [0.15, 0.2) is 5.84 Å². The first kappa shape index (κ1) is 14.4. The molecule has 0 heterocycles. The molecule has 4 N–H and O–H groups in total. The molecule has 1 atom stereocenters. The summed E-state index contributed by atoms with van der Waals surface area (Å²) >= 11 is 0. The number of hydrogen-bond acceptors (Lipinski definition) is 3. The van der Waals surface area contributed by atoms with E-state index in [1.54, 1.807) is 12.1 Å². The Morgan fingerprint density at radius 1 is 1.40 bits per heavy atom. The summed E-state index contributed by atoms with van der Waals surface area (Å²) < 4.78 is 0. The highest BCUT2D eigenvalue weighted by Gasteiger charge is 2.25. The van der Waals surface area contributed by atoms with E-state index in [1.165, 1.54) is 19.3 Å². The highest BCUT2D eigenvalue weighted by atomic mass is 16.4. The van der Waals surface area contributed by atoms with Gasteiger partial charge in [-0.05, 0) is 24.3 Å². The summed E-state index contributed by atoms with van der Waals surface area (Å²) in [5, 5.41) is 14.7. The molecule has 0 saturated heterocycles. The van der Waals surface area contributed by atoms with Crippen LogP contribution in [-0.2, 0) is 4.79 Å². The first-order valence-electron chi connectivity index (χ1n) is 7.02. The molecule has 0 radical (unpaired) electrons. The zero-order valence-corrected chi connectivity index (χ0v) is 11.5. The number of nitrogens with one attached hydrogen (secondary N) is 1. The molecule has 5 heteroatoms. The van der Waals surface area contributed by atoms with Crippen molar-refractivity contribution in [3.8, 4) is 0 Å². The summed E-state index contributed by atoms with van der Waals surface area (Å²) in [5.41, 5.74) is 6.38. The molecule has 0 aliphatic heterocycles. The van der Waals surface area contributed by atoms with Crippen LogP contribution >= 0.6 is 0 Å². The Kier molecular flexibility index (Phi) is 4.98. The normalized spacial score (nSPS) is 16.7. The lowest BCUT2D eigenvalue weighted by Crippen LogP contribution is -2.37. The molecule has 5 nitrogen and oxygen atoms in total. The second-order valence-corrected chi connectivity index (χ2v) is 5.25. The summed E-state index contributed by atoms with van der Waals surface area (Å²) in [5.74, 6) is -0.179. The van der Waals surface area contributed by atoms with Crippen molar-refractivity contribution >= 4 is 11.7 Å². The largest absolute Gasteiger partial charge is 0.409 e. The molecular weight excluding hydrogens is 254 g/mol. The molecule has 1 fully saturated rings. The van der Waals surface area contributed by atoms with Crippen molar-refractivity contribution in [3.05, 3.63) is 35.9 Å². The summed E-state index contributed by atoms with van der Waals surface area (Å²) in [7, 11) is 0. The van der Waals surface area contributed by atoms with Crippen molar-refractivity contribution in [2.75, 3.05) is 6.54 Å². The van der Waals surface area contributed by atoms with Crippen molar-refractivity contribution in [2.24, 2.45) is 16.8 Å². The third-order valence-corrected chi connectivity index (χ3v) is 3.59. The number of nitrogens with two attached hydrogens (primary N) is 1. The van der Waals surface area contributed by atoms with Gasteiger partial charge in [0.2, 0.25) is 5.91 Å². The van der Waals surface area contributed by atoms with E-state index in [0.717, 1.165) is 17.9 Å². The van der Waals surface area contributed by atoms with Crippen molar-refractivity contribution in [1.82, 2.24) is 5.32 Å². The van der Waals surface area contributed by atoms with Crippen LogP contribution in [0, 0.1) is 5.92 Å². The second-order valence-electron chi connectivity index (χ2n) is 5.25. The maximum absolute atomic E-state index is 12.2. The maximum Gasteiger partial charge on any atom is 0.235 e. The zero-order valence-electron chi connectivity index (χ0n) is 11.5. The fraction of sp³-hybridized carbons (Fsp3) is 0.467. The third kappa shape index (κ3) is 3.98. The first-order valence-corrected chi connectivity index (χ1v) is 7.02. The van der Waals surface area contributed by atoms with Gasteiger partial charge in [-0.2, -0.15) is 0 Å². The summed E-state index contributed by atoms with van der Waals surface area (Å²) in [6.45, 7) is 0.636. The molecule has 1 aliphatic rings. The number of amides is 1. The Morgan fingerprint density at radius 2 is 2.10 bits per heavy atom. The van der Waals surface area contributed by atoms with E-state index in [-0.39, 0.29) is 11.7 Å². The second kappa shape index (κ2) is 6.93. The van der Waals surface area contributed by atoms with E-state index in [1.807, 2.05) is 18.2 Å². The molecule has 1 unspecified atom stereocenters. The predicted molar refractivity (Wildman–Crippen MR) is 77.6 cm³/mol. The van der Waals surface area contributed by atoms with E-state index >= 15 is 0 Å². The molecular formula is C15H21N3O2. The van der Waals surface area contributed by atoms with Crippen LogP contribution in [0.2, 0.25) is 0 Å². The highest BCUT2D eigenvalue weighted by Crippen LogP contribution is 2.33. The lowest BCUT2D eigenvalue weighted by molar-refractivity contribution is -0.121. The standard InChI is InChI=1S/C15H21N3O2/c16-14(18-20)13(12-6-2-1-3-7-12)15(19)17-10-4-5-11-8-9-11/h1-3,6-7,11,13,20H,4-5,8-10H2,(H2,16,18)(H,17,19). The van der Waals surface area contributed by atoms with Gasteiger partial charge in [0, 0.05) is 6.54 Å². The Balaban J connectivity index is 1.93. The summed E-state index contributed by atoms with van der Waals surface area (Å²) in [6.07, 6.45) is 4.79. The van der Waals surface area contributed by atoms with Gasteiger partial charge in [-0.1, -0.05) is 48.3 Å². The van der Waals surface area contributed by atoms with Gasteiger partial charge in [0.1, 0.15) is 5.92 Å². The van der Waals surface area contributed by atoms with Crippen LogP contribution in [0.3, 0.4) is 0 Å². The fourth-order valence-corrected chi connectivity index (χ4v) is 2.27. The minimum atomic E-state index is -0.734. The molecule has 108 valence electrons. The van der Waals surface area contributed by atoms with E-state index in [0.29, 0.717) is 6.54 Å². The highest BCUT2D eigenvalue weighted by molar-refractivity contribution is 6.07. The van der Waals surface area contributed by atoms with Crippen LogP contribution in [0.5, 0.6) is 0 Å². The quantitative estimate of drug-likeness (QED) is 0.233. The Bertz CT molecular complexity index is 469. The van der Waals surface area contributed by atoms with Crippen LogP contribution in [0.15, 0.2) is 35.5 Å². The number of nitrogens with zero attached hydrogens (tertiary/aromatic N) is 1. The molecule has 1 aromatic carbocycles. The first-order chi connectivity index (χ1) is 9.72. The van der Waals surface area contributed by atoms with Crippen molar-refractivity contribution in [1.29, 1.82) is 0 Å². The van der Waals surface area contributed by atoms with Crippen LogP contribution in [0.1, 0.15) is 37.2 Å². The number of carbonyl (C=O) groups excluding carboxylic acids is 1. The molecule has 20 heavy (non-hydrogen) atoms. The molecule has 1 amide bonds.